The van der Waals surface area contributed by atoms with Gasteiger partial charge in [-0.05, 0) is 17.8 Å². The van der Waals surface area contributed by atoms with Crippen LogP contribution in [0.4, 0.5) is 0 Å². The molecule has 0 fully saturated rings. The van der Waals surface area contributed by atoms with Gasteiger partial charge in [-0.3, -0.25) is 4.79 Å². The summed E-state index contributed by atoms with van der Waals surface area (Å²) >= 11 is 0. The maximum atomic E-state index is 11.7. The molecule has 2 aromatic rings. The van der Waals surface area contributed by atoms with Crippen molar-refractivity contribution in [2.45, 2.75) is 0 Å². The Kier molecular flexibility index (Phi) is 5.05. The molecule has 0 amide bonds. The van der Waals surface area contributed by atoms with Crippen molar-refractivity contribution in [2.75, 3.05) is 0 Å². The molecule has 0 N–H and O–H groups in total. The molecule has 0 saturated heterocycles. The van der Waals surface area contributed by atoms with Gasteiger partial charge in [-0.1, -0.05) is 12.4 Å². The quantitative estimate of drug-likeness (QED) is 0.420. The molecule has 72 valence electrons. The predicted octanol–water partition coefficient (Wildman–Crippen LogP) is -2.09. The van der Waals surface area contributed by atoms with Gasteiger partial charge in [0.1, 0.15) is 11.6 Å². The third-order valence-electron chi connectivity index (χ3n) is 1.95. The molecular weight excluding hydrogens is 229 g/mol. The second-order valence-electron chi connectivity index (χ2n) is 2.85. The summed E-state index contributed by atoms with van der Waals surface area (Å²) < 4.78 is 1.37. The van der Waals surface area contributed by atoms with Crippen LogP contribution in [0.1, 0.15) is 5.56 Å². The smallest absolute Gasteiger partial charge is 0.392 e. The topological polar surface area (TPSA) is 58.7 Å². The number of rotatable bonds is 1. The van der Waals surface area contributed by atoms with E-state index >= 15 is 0 Å². The van der Waals surface area contributed by atoms with Crippen LogP contribution >= 0.6 is 0 Å². The Hall–Kier alpha value is -0.774. The largest absolute Gasteiger partial charge is 1.00 e. The zero-order chi connectivity index (χ0) is 10.7. The van der Waals surface area contributed by atoms with Gasteiger partial charge < -0.3 is 9.55 Å². The van der Waals surface area contributed by atoms with E-state index in [0.717, 1.165) is 0 Å². The summed E-state index contributed by atoms with van der Waals surface area (Å²) in [6.07, 6.45) is 5.73. The SMILES string of the molecule is N#Cc1cccn(-c2cc[c-]nc2)c1=O.[K+]. The minimum atomic E-state index is -0.340. The summed E-state index contributed by atoms with van der Waals surface area (Å²) in [7, 11) is 0. The number of pyridine rings is 2. The number of aromatic nitrogens is 2. The van der Waals surface area contributed by atoms with Crippen molar-refractivity contribution in [1.29, 1.82) is 5.26 Å². The van der Waals surface area contributed by atoms with E-state index in [1.54, 1.807) is 24.4 Å². The molecule has 2 rings (SSSR count). The van der Waals surface area contributed by atoms with Crippen molar-refractivity contribution < 1.29 is 51.4 Å². The van der Waals surface area contributed by atoms with Crippen LogP contribution in [0, 0.1) is 17.5 Å². The van der Waals surface area contributed by atoms with E-state index < -0.39 is 0 Å². The zero-order valence-corrected chi connectivity index (χ0v) is 11.8. The minimum absolute atomic E-state index is 0. The van der Waals surface area contributed by atoms with Crippen LogP contribution in [-0.2, 0) is 0 Å². The van der Waals surface area contributed by atoms with E-state index in [0.29, 0.717) is 5.69 Å². The van der Waals surface area contributed by atoms with Gasteiger partial charge in [0, 0.05) is 6.20 Å². The molecule has 0 aliphatic heterocycles. The maximum absolute atomic E-state index is 11.7. The summed E-state index contributed by atoms with van der Waals surface area (Å²) in [4.78, 5) is 15.5. The molecule has 0 spiro atoms. The Balaban J connectivity index is 0.00000128. The van der Waals surface area contributed by atoms with Crippen LogP contribution < -0.4 is 56.9 Å². The number of hydrogen-bond acceptors (Lipinski definition) is 3. The number of nitrogens with zero attached hydrogens (tertiary/aromatic N) is 3. The molecule has 0 atom stereocenters. The van der Waals surface area contributed by atoms with Crippen molar-refractivity contribution in [1.82, 2.24) is 9.55 Å². The summed E-state index contributed by atoms with van der Waals surface area (Å²) in [6.45, 7) is 0. The van der Waals surface area contributed by atoms with E-state index in [9.17, 15) is 4.79 Å². The molecule has 2 aromatic heterocycles. The standard InChI is InChI=1S/C11H6N3O.K/c12-7-9-3-2-6-14(11(9)15)10-4-1-5-13-8-10;/h1-4,6,8H;/q-1;+1. The van der Waals surface area contributed by atoms with Crippen molar-refractivity contribution in [2.24, 2.45) is 0 Å². The first-order valence-corrected chi connectivity index (χ1v) is 4.27. The Labute approximate surface area is 135 Å². The van der Waals surface area contributed by atoms with Crippen LogP contribution in [0.3, 0.4) is 0 Å². The van der Waals surface area contributed by atoms with Crippen LogP contribution in [0.25, 0.3) is 5.69 Å². The third-order valence-corrected chi connectivity index (χ3v) is 1.95. The Bertz CT molecular complexity index is 572. The van der Waals surface area contributed by atoms with Crippen LogP contribution in [0.5, 0.6) is 0 Å². The van der Waals surface area contributed by atoms with Gasteiger partial charge in [-0.25, -0.2) is 0 Å². The second kappa shape index (κ2) is 6.08. The second-order valence-corrected chi connectivity index (χ2v) is 2.85. The van der Waals surface area contributed by atoms with Gasteiger partial charge in [-0.2, -0.15) is 11.3 Å². The van der Waals surface area contributed by atoms with Crippen molar-refractivity contribution in [3.05, 3.63) is 58.8 Å². The normalized spacial score (nSPS) is 8.94. The summed E-state index contributed by atoms with van der Waals surface area (Å²) in [5, 5.41) is 8.70. The molecule has 0 aliphatic carbocycles. The summed E-state index contributed by atoms with van der Waals surface area (Å²) in [5.74, 6) is 0. The molecule has 0 aromatic carbocycles. The molecule has 0 aliphatic rings. The van der Waals surface area contributed by atoms with E-state index in [4.69, 9.17) is 5.26 Å². The number of nitriles is 1. The van der Waals surface area contributed by atoms with E-state index in [-0.39, 0.29) is 62.5 Å². The van der Waals surface area contributed by atoms with E-state index in [1.807, 2.05) is 6.07 Å². The van der Waals surface area contributed by atoms with Gasteiger partial charge in [0.15, 0.2) is 0 Å². The van der Waals surface area contributed by atoms with Gasteiger partial charge >= 0.3 is 51.4 Å². The Morgan fingerprint density at radius 3 is 2.88 bits per heavy atom. The average molecular weight is 235 g/mol. The fraction of sp³-hybridized carbons (Fsp3) is 0. The summed E-state index contributed by atoms with van der Waals surface area (Å²) in [5.41, 5.74) is 0.397. The fourth-order valence-electron chi connectivity index (χ4n) is 1.24. The van der Waals surface area contributed by atoms with Gasteiger partial charge in [0.05, 0.1) is 0 Å². The molecular formula is C11H6KN3O. The van der Waals surface area contributed by atoms with Crippen LogP contribution in [0.15, 0.2) is 41.5 Å². The first-order chi connectivity index (χ1) is 7.33. The van der Waals surface area contributed by atoms with Gasteiger partial charge in [0.2, 0.25) is 0 Å². The first-order valence-electron chi connectivity index (χ1n) is 4.27. The molecule has 0 bridgehead atoms. The van der Waals surface area contributed by atoms with Crippen molar-refractivity contribution >= 4 is 0 Å². The number of hydrogen-bond donors (Lipinski definition) is 0. The van der Waals surface area contributed by atoms with Gasteiger partial charge in [-0.15, -0.1) is 6.07 Å². The molecule has 5 heteroatoms. The molecule has 0 saturated carbocycles. The van der Waals surface area contributed by atoms with Gasteiger partial charge in [0.25, 0.3) is 5.56 Å². The molecule has 0 radical (unpaired) electrons. The predicted molar refractivity (Wildman–Crippen MR) is 53.4 cm³/mol. The Morgan fingerprint density at radius 2 is 2.25 bits per heavy atom. The molecule has 2 heterocycles. The monoisotopic (exact) mass is 235 g/mol. The van der Waals surface area contributed by atoms with E-state index in [2.05, 4.69) is 11.2 Å². The van der Waals surface area contributed by atoms with E-state index in [1.165, 1.54) is 16.8 Å². The summed E-state index contributed by atoms with van der Waals surface area (Å²) in [6, 6.07) is 8.30. The average Bonchev–Trinajstić information content (AvgIpc) is 2.30. The van der Waals surface area contributed by atoms with Crippen molar-refractivity contribution in [3.63, 3.8) is 0 Å². The van der Waals surface area contributed by atoms with Crippen LogP contribution in [0.2, 0.25) is 0 Å². The third kappa shape index (κ3) is 2.67. The molecule has 4 nitrogen and oxygen atoms in total. The zero-order valence-electron chi connectivity index (χ0n) is 8.71. The fourth-order valence-corrected chi connectivity index (χ4v) is 1.24. The first kappa shape index (κ1) is 13.3. The molecule has 16 heavy (non-hydrogen) atoms. The van der Waals surface area contributed by atoms with Crippen LogP contribution in [-0.4, -0.2) is 9.55 Å². The molecule has 0 unspecified atom stereocenters. The van der Waals surface area contributed by atoms with Crippen molar-refractivity contribution in [3.8, 4) is 11.8 Å². The maximum Gasteiger partial charge on any atom is 1.00 e. The Morgan fingerprint density at radius 1 is 1.44 bits per heavy atom. The minimum Gasteiger partial charge on any atom is -0.392 e.